The van der Waals surface area contributed by atoms with Crippen molar-refractivity contribution in [2.75, 3.05) is 31.1 Å². The summed E-state index contributed by atoms with van der Waals surface area (Å²) in [6.45, 7) is 7.24. The van der Waals surface area contributed by atoms with Gasteiger partial charge in [0.25, 0.3) is 0 Å². The minimum absolute atomic E-state index is 0.784. The highest BCUT2D eigenvalue weighted by Crippen LogP contribution is 2.21. The Hall–Kier alpha value is -2.44. The lowest BCUT2D eigenvalue weighted by Crippen LogP contribution is -3.14. The molecule has 4 rings (SSSR count). The summed E-state index contributed by atoms with van der Waals surface area (Å²) in [4.78, 5) is 3.98. The molecule has 0 saturated carbocycles. The minimum Gasteiger partial charge on any atom is -0.360 e. The summed E-state index contributed by atoms with van der Waals surface area (Å²) in [6, 6.07) is 19.0. The Labute approximate surface area is 165 Å². The van der Waals surface area contributed by atoms with Gasteiger partial charge in [0.2, 0.25) is 4.77 Å². The highest BCUT2D eigenvalue weighted by Gasteiger charge is 2.22. The molecule has 1 aliphatic rings. The number of anilines is 1. The maximum Gasteiger partial charge on any atom is 0.202 e. The average molecular weight is 381 g/mol. The molecule has 0 amide bonds. The van der Waals surface area contributed by atoms with Crippen LogP contribution in [0.3, 0.4) is 0 Å². The van der Waals surface area contributed by atoms with Gasteiger partial charge < -0.3 is 14.4 Å². The molecule has 1 aliphatic heterocycles. The number of hydrogen-bond donors (Lipinski definition) is 1. The summed E-state index contributed by atoms with van der Waals surface area (Å²) in [5.41, 5.74) is 3.68. The molecule has 1 saturated heterocycles. The fourth-order valence-electron chi connectivity index (χ4n) is 3.74. The van der Waals surface area contributed by atoms with E-state index in [4.69, 9.17) is 17.3 Å². The van der Waals surface area contributed by atoms with E-state index in [1.54, 1.807) is 0 Å². The van der Waals surface area contributed by atoms with Gasteiger partial charge in [-0.3, -0.25) is 0 Å². The molecule has 2 aromatic carbocycles. The summed E-state index contributed by atoms with van der Waals surface area (Å²) in [5, 5.41) is 4.85. The van der Waals surface area contributed by atoms with Crippen molar-refractivity contribution in [2.45, 2.75) is 13.6 Å². The largest absolute Gasteiger partial charge is 0.360 e. The molecule has 2 heterocycles. The monoisotopic (exact) mass is 380 g/mol. The molecule has 0 aliphatic carbocycles. The van der Waals surface area contributed by atoms with E-state index < -0.39 is 0 Å². The molecular formula is C21H26N5S+. The lowest BCUT2D eigenvalue weighted by atomic mass is 10.1. The number of nitrogens with zero attached hydrogens (tertiary/aromatic N) is 4. The number of nitrogens with one attached hydrogen (secondary N) is 1. The number of rotatable bonds is 4. The molecule has 0 bridgehead atoms. The van der Waals surface area contributed by atoms with Gasteiger partial charge in [-0.2, -0.15) is 4.68 Å². The van der Waals surface area contributed by atoms with Crippen molar-refractivity contribution in [1.29, 1.82) is 0 Å². The Morgan fingerprint density at radius 1 is 1.00 bits per heavy atom. The summed E-state index contributed by atoms with van der Waals surface area (Å²) in [6.07, 6.45) is 0. The normalized spacial score (nSPS) is 15.3. The number of hydrogen-bond acceptors (Lipinski definition) is 3. The van der Waals surface area contributed by atoms with Gasteiger partial charge in [-0.05, 0) is 36.8 Å². The molecule has 6 heteroatoms. The van der Waals surface area contributed by atoms with E-state index >= 15 is 0 Å². The van der Waals surface area contributed by atoms with E-state index in [0.29, 0.717) is 0 Å². The third-order valence-corrected chi connectivity index (χ3v) is 5.88. The highest BCUT2D eigenvalue weighted by atomic mass is 32.1. The van der Waals surface area contributed by atoms with Gasteiger partial charge >= 0.3 is 0 Å². The topological polar surface area (TPSA) is 30.4 Å². The van der Waals surface area contributed by atoms with Crippen molar-refractivity contribution < 1.29 is 4.90 Å². The van der Waals surface area contributed by atoms with Crippen LogP contribution in [0.4, 0.5) is 5.69 Å². The molecule has 0 spiro atoms. The van der Waals surface area contributed by atoms with Crippen LogP contribution >= 0.6 is 12.2 Å². The summed E-state index contributed by atoms with van der Waals surface area (Å²) >= 11 is 5.67. The maximum atomic E-state index is 5.67. The van der Waals surface area contributed by atoms with Crippen LogP contribution in [-0.4, -0.2) is 40.5 Å². The number of piperazine rings is 1. The Morgan fingerprint density at radius 3 is 2.37 bits per heavy atom. The first-order valence-corrected chi connectivity index (χ1v) is 9.87. The second kappa shape index (κ2) is 7.66. The van der Waals surface area contributed by atoms with E-state index in [-0.39, 0.29) is 0 Å². The molecule has 0 unspecified atom stereocenters. The molecule has 0 atom stereocenters. The lowest BCUT2D eigenvalue weighted by Gasteiger charge is -2.33. The number of para-hydroxylation sites is 1. The molecule has 1 aromatic heterocycles. The second-order valence-electron chi connectivity index (χ2n) is 7.21. The Kier molecular flexibility index (Phi) is 5.09. The van der Waals surface area contributed by atoms with Crippen LogP contribution in [0.2, 0.25) is 0 Å². The zero-order valence-corrected chi connectivity index (χ0v) is 16.7. The Balaban J connectivity index is 1.47. The van der Waals surface area contributed by atoms with E-state index in [1.807, 2.05) is 16.3 Å². The molecule has 1 N–H and O–H groups in total. The van der Waals surface area contributed by atoms with E-state index in [1.165, 1.54) is 16.2 Å². The van der Waals surface area contributed by atoms with E-state index in [0.717, 1.165) is 49.0 Å². The van der Waals surface area contributed by atoms with Gasteiger partial charge in [0.1, 0.15) is 0 Å². The third kappa shape index (κ3) is 3.68. The quantitative estimate of drug-likeness (QED) is 0.705. The van der Waals surface area contributed by atoms with Crippen LogP contribution < -0.4 is 9.80 Å². The highest BCUT2D eigenvalue weighted by molar-refractivity contribution is 7.71. The molecule has 3 aromatic rings. The van der Waals surface area contributed by atoms with Gasteiger partial charge in [0.05, 0.1) is 26.2 Å². The van der Waals surface area contributed by atoms with Crippen molar-refractivity contribution in [3.63, 3.8) is 0 Å². The van der Waals surface area contributed by atoms with Crippen LogP contribution in [0.5, 0.6) is 0 Å². The van der Waals surface area contributed by atoms with E-state index in [9.17, 15) is 0 Å². The number of aromatic nitrogens is 3. The smallest absolute Gasteiger partial charge is 0.202 e. The zero-order chi connectivity index (χ0) is 18.8. The first kappa shape index (κ1) is 17.9. The van der Waals surface area contributed by atoms with Crippen LogP contribution in [0.1, 0.15) is 5.56 Å². The van der Waals surface area contributed by atoms with E-state index in [2.05, 4.69) is 66.4 Å². The first-order valence-electron chi connectivity index (χ1n) is 9.47. The van der Waals surface area contributed by atoms with Crippen molar-refractivity contribution in [2.24, 2.45) is 7.05 Å². The second-order valence-corrected chi connectivity index (χ2v) is 7.58. The maximum absolute atomic E-state index is 5.67. The van der Waals surface area contributed by atoms with Crippen molar-refractivity contribution in [3.05, 3.63) is 64.9 Å². The van der Waals surface area contributed by atoms with Crippen LogP contribution in [-0.2, 0) is 13.7 Å². The fraction of sp³-hybridized carbons (Fsp3) is 0.333. The van der Waals surface area contributed by atoms with Crippen LogP contribution in [0.25, 0.3) is 11.4 Å². The van der Waals surface area contributed by atoms with Crippen molar-refractivity contribution in [3.8, 4) is 11.4 Å². The SMILES string of the molecule is Cc1ccccc1-c1nn(C[NH+]2CCN(c3ccccc3)CC2)c(=S)n1C. The van der Waals surface area contributed by atoms with Crippen molar-refractivity contribution in [1.82, 2.24) is 14.3 Å². The molecule has 27 heavy (non-hydrogen) atoms. The molecule has 140 valence electrons. The summed E-state index contributed by atoms with van der Waals surface area (Å²) in [5.74, 6) is 0.945. The molecule has 5 nitrogen and oxygen atoms in total. The van der Waals surface area contributed by atoms with Gasteiger partial charge in [-0.1, -0.05) is 42.5 Å². The van der Waals surface area contributed by atoms with Crippen LogP contribution in [0, 0.1) is 11.7 Å². The molecule has 1 fully saturated rings. The standard InChI is InChI=1S/C21H25N5S/c1-17-8-6-7-11-19(17)20-22-26(21(27)23(20)2)16-24-12-14-25(15-13-24)18-9-4-3-5-10-18/h3-11H,12-16H2,1-2H3/p+1. The Morgan fingerprint density at radius 2 is 1.67 bits per heavy atom. The lowest BCUT2D eigenvalue weighted by molar-refractivity contribution is -0.924. The number of quaternary nitrogens is 1. The average Bonchev–Trinajstić information content (AvgIpc) is 2.98. The van der Waals surface area contributed by atoms with Gasteiger partial charge in [0.15, 0.2) is 12.5 Å². The first-order chi connectivity index (χ1) is 13.1. The molecular weight excluding hydrogens is 354 g/mol. The number of benzene rings is 2. The minimum atomic E-state index is 0.784. The van der Waals surface area contributed by atoms with Gasteiger partial charge in [0, 0.05) is 18.3 Å². The molecule has 0 radical (unpaired) electrons. The third-order valence-electron chi connectivity index (χ3n) is 5.39. The van der Waals surface area contributed by atoms with Crippen LogP contribution in [0.15, 0.2) is 54.6 Å². The summed E-state index contributed by atoms with van der Waals surface area (Å²) < 4.78 is 4.80. The Bertz CT molecular complexity index is 968. The fourth-order valence-corrected chi connectivity index (χ4v) is 3.93. The van der Waals surface area contributed by atoms with Gasteiger partial charge in [-0.15, -0.1) is 5.10 Å². The zero-order valence-electron chi connectivity index (χ0n) is 15.9. The predicted molar refractivity (Wildman–Crippen MR) is 112 cm³/mol. The summed E-state index contributed by atoms with van der Waals surface area (Å²) in [7, 11) is 2.01. The predicted octanol–water partition coefficient (Wildman–Crippen LogP) is 2.29. The number of aryl methyl sites for hydroxylation is 1. The van der Waals surface area contributed by atoms with Crippen molar-refractivity contribution >= 4 is 17.9 Å². The van der Waals surface area contributed by atoms with Gasteiger partial charge in [-0.25, -0.2) is 0 Å².